The van der Waals surface area contributed by atoms with Crippen molar-refractivity contribution in [1.82, 2.24) is 9.62 Å². The molecular formula is C14H23N3O3S. The van der Waals surface area contributed by atoms with Gasteiger partial charge in [-0.15, -0.1) is 0 Å². The van der Waals surface area contributed by atoms with Gasteiger partial charge in [-0.2, -0.15) is 0 Å². The smallest absolute Gasteiger partial charge is 0.242 e. The molecule has 1 aliphatic heterocycles. The number of nitrogens with one attached hydrogen (secondary N) is 1. The predicted molar refractivity (Wildman–Crippen MR) is 83.2 cm³/mol. The summed E-state index contributed by atoms with van der Waals surface area (Å²) in [4.78, 5) is 2.38. The van der Waals surface area contributed by atoms with Crippen LogP contribution in [-0.4, -0.2) is 66.2 Å². The Morgan fingerprint density at radius 2 is 1.90 bits per heavy atom. The van der Waals surface area contributed by atoms with E-state index in [2.05, 4.69) is 10.2 Å². The summed E-state index contributed by atoms with van der Waals surface area (Å²) >= 11 is 0. The van der Waals surface area contributed by atoms with E-state index >= 15 is 0 Å². The van der Waals surface area contributed by atoms with E-state index in [0.717, 1.165) is 31.9 Å². The van der Waals surface area contributed by atoms with Crippen LogP contribution in [0.1, 0.15) is 0 Å². The highest BCUT2D eigenvalue weighted by Gasteiger charge is 2.18. The number of morpholine rings is 1. The van der Waals surface area contributed by atoms with Crippen LogP contribution in [0, 0.1) is 0 Å². The van der Waals surface area contributed by atoms with Gasteiger partial charge in [-0.3, -0.25) is 0 Å². The zero-order valence-electron chi connectivity index (χ0n) is 12.7. The fourth-order valence-electron chi connectivity index (χ4n) is 2.23. The standard InChI is InChI=1S/C14H23N3O3S/c1-16(2)21(18,19)14-6-4-12(5-7-14)17(3)11-13-10-15-8-9-20-13/h4-7,13,15H,8-11H2,1-3H3. The van der Waals surface area contributed by atoms with Crippen molar-refractivity contribution in [3.63, 3.8) is 0 Å². The molecule has 0 saturated carbocycles. The highest BCUT2D eigenvalue weighted by atomic mass is 32.2. The molecule has 0 bridgehead atoms. The lowest BCUT2D eigenvalue weighted by Gasteiger charge is -2.29. The van der Waals surface area contributed by atoms with Crippen molar-refractivity contribution >= 4 is 15.7 Å². The Balaban J connectivity index is 2.04. The summed E-state index contributed by atoms with van der Waals surface area (Å²) in [7, 11) is 1.67. The largest absolute Gasteiger partial charge is 0.374 e. The van der Waals surface area contributed by atoms with Crippen molar-refractivity contribution in [3.05, 3.63) is 24.3 Å². The SMILES string of the molecule is CN(CC1CNCCO1)c1ccc(S(=O)(=O)N(C)C)cc1. The van der Waals surface area contributed by atoms with Crippen LogP contribution in [0.25, 0.3) is 0 Å². The Morgan fingerprint density at radius 1 is 1.24 bits per heavy atom. The van der Waals surface area contributed by atoms with Gasteiger partial charge in [-0.1, -0.05) is 0 Å². The molecule has 0 radical (unpaired) electrons. The molecule has 6 nitrogen and oxygen atoms in total. The molecule has 0 aromatic heterocycles. The first-order valence-corrected chi connectivity index (χ1v) is 8.41. The maximum atomic E-state index is 12.0. The second-order valence-electron chi connectivity index (χ2n) is 5.36. The van der Waals surface area contributed by atoms with Crippen LogP contribution in [0.3, 0.4) is 0 Å². The first-order chi connectivity index (χ1) is 9.91. The molecule has 1 aromatic carbocycles. The lowest BCUT2D eigenvalue weighted by molar-refractivity contribution is 0.0340. The highest BCUT2D eigenvalue weighted by molar-refractivity contribution is 7.89. The molecule has 2 rings (SSSR count). The van der Waals surface area contributed by atoms with E-state index in [0.29, 0.717) is 4.90 Å². The van der Waals surface area contributed by atoms with Crippen molar-refractivity contribution in [2.45, 2.75) is 11.0 Å². The molecule has 1 saturated heterocycles. The molecule has 21 heavy (non-hydrogen) atoms. The molecule has 1 atom stereocenters. The molecule has 0 amide bonds. The zero-order chi connectivity index (χ0) is 15.5. The monoisotopic (exact) mass is 313 g/mol. The lowest BCUT2D eigenvalue weighted by atomic mass is 10.2. The van der Waals surface area contributed by atoms with Crippen LogP contribution in [0.5, 0.6) is 0 Å². The summed E-state index contributed by atoms with van der Waals surface area (Å²) in [6, 6.07) is 6.93. The Kier molecular flexibility index (Phi) is 5.21. The summed E-state index contributed by atoms with van der Waals surface area (Å²) in [5.41, 5.74) is 0.974. The maximum absolute atomic E-state index is 12.0. The molecule has 1 fully saturated rings. The molecule has 1 heterocycles. The second-order valence-corrected chi connectivity index (χ2v) is 7.51. The van der Waals surface area contributed by atoms with Crippen molar-refractivity contribution < 1.29 is 13.2 Å². The number of nitrogens with zero attached hydrogens (tertiary/aromatic N) is 2. The van der Waals surface area contributed by atoms with Gasteiger partial charge in [0.2, 0.25) is 10.0 Å². The van der Waals surface area contributed by atoms with Crippen LogP contribution in [-0.2, 0) is 14.8 Å². The number of hydrogen-bond donors (Lipinski definition) is 1. The van der Waals surface area contributed by atoms with Crippen LogP contribution < -0.4 is 10.2 Å². The van der Waals surface area contributed by atoms with Crippen LogP contribution in [0.15, 0.2) is 29.2 Å². The highest BCUT2D eigenvalue weighted by Crippen LogP contribution is 2.19. The predicted octanol–water partition coefficient (Wildman–Crippen LogP) is 0.362. The third kappa shape index (κ3) is 3.94. The van der Waals surface area contributed by atoms with Gasteiger partial charge >= 0.3 is 0 Å². The Labute approximate surface area is 126 Å². The van der Waals surface area contributed by atoms with E-state index < -0.39 is 10.0 Å². The second kappa shape index (κ2) is 6.74. The van der Waals surface area contributed by atoms with Crippen molar-refractivity contribution in [3.8, 4) is 0 Å². The van der Waals surface area contributed by atoms with Crippen molar-refractivity contribution in [1.29, 1.82) is 0 Å². The Bertz CT molecular complexity index is 551. The van der Waals surface area contributed by atoms with E-state index in [1.54, 1.807) is 12.1 Å². The quantitative estimate of drug-likeness (QED) is 0.850. The Morgan fingerprint density at radius 3 is 2.43 bits per heavy atom. The van der Waals surface area contributed by atoms with Crippen LogP contribution in [0.2, 0.25) is 0 Å². The van der Waals surface area contributed by atoms with E-state index in [9.17, 15) is 8.42 Å². The number of anilines is 1. The summed E-state index contributed by atoms with van der Waals surface area (Å²) < 4.78 is 30.9. The Hall–Kier alpha value is -1.15. The van der Waals surface area contributed by atoms with Crippen molar-refractivity contribution in [2.75, 3.05) is 52.3 Å². The first-order valence-electron chi connectivity index (χ1n) is 6.97. The fraction of sp³-hybridized carbons (Fsp3) is 0.571. The molecule has 1 unspecified atom stereocenters. The van der Waals surface area contributed by atoms with Gasteiger partial charge in [0.25, 0.3) is 0 Å². The van der Waals surface area contributed by atoms with Gasteiger partial charge in [0, 0.05) is 46.5 Å². The van der Waals surface area contributed by atoms with Gasteiger partial charge in [0.05, 0.1) is 17.6 Å². The minimum absolute atomic E-state index is 0.161. The van der Waals surface area contributed by atoms with Crippen LogP contribution in [0.4, 0.5) is 5.69 Å². The maximum Gasteiger partial charge on any atom is 0.242 e. The van der Waals surface area contributed by atoms with Crippen molar-refractivity contribution in [2.24, 2.45) is 0 Å². The summed E-state index contributed by atoms with van der Waals surface area (Å²) in [5, 5.41) is 3.30. The van der Waals surface area contributed by atoms with Gasteiger partial charge in [-0.25, -0.2) is 12.7 Å². The third-order valence-electron chi connectivity index (χ3n) is 3.54. The summed E-state index contributed by atoms with van der Waals surface area (Å²) in [5.74, 6) is 0. The molecule has 1 aliphatic rings. The third-order valence-corrected chi connectivity index (χ3v) is 5.37. The molecule has 0 aliphatic carbocycles. The molecule has 118 valence electrons. The zero-order valence-corrected chi connectivity index (χ0v) is 13.6. The van der Waals surface area contributed by atoms with Gasteiger partial charge < -0.3 is 15.0 Å². The summed E-state index contributed by atoms with van der Waals surface area (Å²) in [6.45, 7) is 3.25. The van der Waals surface area contributed by atoms with E-state index in [-0.39, 0.29) is 6.10 Å². The summed E-state index contributed by atoms with van der Waals surface area (Å²) in [6.07, 6.45) is 0.161. The topological polar surface area (TPSA) is 61.9 Å². The number of ether oxygens (including phenoxy) is 1. The molecule has 7 heteroatoms. The van der Waals surface area contributed by atoms with Gasteiger partial charge in [0.15, 0.2) is 0 Å². The minimum Gasteiger partial charge on any atom is -0.374 e. The number of rotatable bonds is 5. The average Bonchev–Trinajstić information content (AvgIpc) is 2.48. The van der Waals surface area contributed by atoms with Gasteiger partial charge in [0.1, 0.15) is 0 Å². The van der Waals surface area contributed by atoms with E-state index in [4.69, 9.17) is 4.74 Å². The van der Waals surface area contributed by atoms with E-state index in [1.807, 2.05) is 19.2 Å². The number of likely N-dealkylation sites (N-methyl/N-ethyl adjacent to an activating group) is 1. The minimum atomic E-state index is -3.37. The van der Waals surface area contributed by atoms with Gasteiger partial charge in [-0.05, 0) is 24.3 Å². The first kappa shape index (κ1) is 16.2. The molecule has 1 N–H and O–H groups in total. The fourth-order valence-corrected chi connectivity index (χ4v) is 3.13. The lowest BCUT2D eigenvalue weighted by Crippen LogP contribution is -2.44. The van der Waals surface area contributed by atoms with E-state index in [1.165, 1.54) is 18.4 Å². The normalized spacial score (nSPS) is 19.7. The molecule has 0 spiro atoms. The molecule has 1 aromatic rings. The number of benzene rings is 1. The van der Waals surface area contributed by atoms with Crippen LogP contribution >= 0.6 is 0 Å². The molecular weight excluding hydrogens is 290 g/mol. The number of hydrogen-bond acceptors (Lipinski definition) is 5. The average molecular weight is 313 g/mol. The number of sulfonamides is 1.